The molecular weight excluding hydrogens is 353 g/mol. The van der Waals surface area contributed by atoms with Crippen molar-refractivity contribution in [1.82, 2.24) is 0 Å². The van der Waals surface area contributed by atoms with E-state index in [1.807, 2.05) is 0 Å². The zero-order valence-electron chi connectivity index (χ0n) is 11.3. The summed E-state index contributed by atoms with van der Waals surface area (Å²) in [6, 6.07) is 3.29. The zero-order chi connectivity index (χ0) is 15.5. The standard InChI is InChI=1S/C14H16BrF3O3/c15-10-7-9(11(19)3-1-4-14(16,17)18)8-12-13(10)21-6-2-5-20-12/h7-8,11,19H,1-6H2. The molecule has 1 aromatic carbocycles. The maximum atomic E-state index is 12.1. The van der Waals surface area contributed by atoms with Gasteiger partial charge in [-0.15, -0.1) is 0 Å². The highest BCUT2D eigenvalue weighted by atomic mass is 79.9. The predicted octanol–water partition coefficient (Wildman–Crippen LogP) is 4.38. The first-order chi connectivity index (χ1) is 9.87. The molecule has 7 heteroatoms. The number of halogens is 4. The molecule has 1 aromatic rings. The van der Waals surface area contributed by atoms with Crippen molar-refractivity contribution in [2.45, 2.75) is 38.0 Å². The van der Waals surface area contributed by atoms with E-state index in [1.54, 1.807) is 12.1 Å². The minimum Gasteiger partial charge on any atom is -0.490 e. The summed E-state index contributed by atoms with van der Waals surface area (Å²) in [5, 5.41) is 10.0. The third-order valence-corrected chi connectivity index (χ3v) is 3.74. The summed E-state index contributed by atoms with van der Waals surface area (Å²) in [6.07, 6.45) is -5.35. The fourth-order valence-corrected chi connectivity index (χ4v) is 2.68. The summed E-state index contributed by atoms with van der Waals surface area (Å²) in [4.78, 5) is 0. The van der Waals surface area contributed by atoms with Crippen LogP contribution in [0.15, 0.2) is 16.6 Å². The molecule has 0 radical (unpaired) electrons. The molecule has 0 saturated heterocycles. The Labute approximate surface area is 129 Å². The first kappa shape index (κ1) is 16.4. The van der Waals surface area contributed by atoms with Crippen LogP contribution in [0.5, 0.6) is 11.5 Å². The average molecular weight is 369 g/mol. The second-order valence-electron chi connectivity index (χ2n) is 4.90. The van der Waals surface area contributed by atoms with Gasteiger partial charge in [0.05, 0.1) is 23.8 Å². The molecule has 1 N–H and O–H groups in total. The SMILES string of the molecule is OC(CCCC(F)(F)F)c1cc(Br)c2c(c1)OCCCO2. The molecule has 0 spiro atoms. The average Bonchev–Trinajstić information content (AvgIpc) is 2.62. The summed E-state index contributed by atoms with van der Waals surface area (Å²) < 4.78 is 48.1. The van der Waals surface area contributed by atoms with E-state index < -0.39 is 18.7 Å². The maximum absolute atomic E-state index is 12.1. The van der Waals surface area contributed by atoms with Gasteiger partial charge in [0.2, 0.25) is 0 Å². The Kier molecular flexibility index (Phi) is 5.37. The Morgan fingerprint density at radius 1 is 1.24 bits per heavy atom. The highest BCUT2D eigenvalue weighted by molar-refractivity contribution is 9.10. The topological polar surface area (TPSA) is 38.7 Å². The Hall–Kier alpha value is -0.950. The Morgan fingerprint density at radius 3 is 2.67 bits per heavy atom. The Balaban J connectivity index is 2.06. The molecule has 0 saturated carbocycles. The fraction of sp³-hybridized carbons (Fsp3) is 0.571. The summed E-state index contributed by atoms with van der Waals surface area (Å²) >= 11 is 3.34. The largest absolute Gasteiger partial charge is 0.490 e. The lowest BCUT2D eigenvalue weighted by molar-refractivity contribution is -0.136. The number of rotatable bonds is 4. The minimum atomic E-state index is -4.19. The molecule has 1 unspecified atom stereocenters. The number of alkyl halides is 3. The first-order valence-corrected chi connectivity index (χ1v) is 7.50. The van der Waals surface area contributed by atoms with Gasteiger partial charge < -0.3 is 14.6 Å². The van der Waals surface area contributed by atoms with Gasteiger partial charge in [-0.2, -0.15) is 13.2 Å². The normalized spacial score (nSPS) is 16.4. The number of hydrogen-bond acceptors (Lipinski definition) is 3. The van der Waals surface area contributed by atoms with Crippen LogP contribution in [-0.4, -0.2) is 24.5 Å². The number of ether oxygens (including phenoxy) is 2. The van der Waals surface area contributed by atoms with Crippen LogP contribution in [0.1, 0.15) is 37.4 Å². The Morgan fingerprint density at radius 2 is 1.95 bits per heavy atom. The van der Waals surface area contributed by atoms with Gasteiger partial charge in [0, 0.05) is 12.8 Å². The van der Waals surface area contributed by atoms with Crippen LogP contribution in [0.2, 0.25) is 0 Å². The van der Waals surface area contributed by atoms with E-state index in [-0.39, 0.29) is 12.8 Å². The molecule has 3 nitrogen and oxygen atoms in total. The van der Waals surface area contributed by atoms with Crippen molar-refractivity contribution in [2.75, 3.05) is 13.2 Å². The molecule has 1 atom stereocenters. The van der Waals surface area contributed by atoms with Gasteiger partial charge in [0.1, 0.15) is 0 Å². The van der Waals surface area contributed by atoms with E-state index in [4.69, 9.17) is 9.47 Å². The first-order valence-electron chi connectivity index (χ1n) is 6.70. The van der Waals surface area contributed by atoms with Gasteiger partial charge in [0.25, 0.3) is 0 Å². The van der Waals surface area contributed by atoms with Crippen molar-refractivity contribution in [2.24, 2.45) is 0 Å². The third kappa shape index (κ3) is 4.78. The number of aliphatic hydroxyl groups is 1. The molecule has 0 fully saturated rings. The van der Waals surface area contributed by atoms with E-state index in [9.17, 15) is 18.3 Å². The van der Waals surface area contributed by atoms with Gasteiger partial charge in [-0.05, 0) is 46.5 Å². The molecule has 0 aromatic heterocycles. The van der Waals surface area contributed by atoms with E-state index >= 15 is 0 Å². The lowest BCUT2D eigenvalue weighted by Crippen LogP contribution is -2.08. The molecular formula is C14H16BrF3O3. The Bertz CT molecular complexity index is 491. The van der Waals surface area contributed by atoms with Crippen molar-refractivity contribution in [3.05, 3.63) is 22.2 Å². The van der Waals surface area contributed by atoms with Crippen molar-refractivity contribution < 1.29 is 27.8 Å². The second-order valence-corrected chi connectivity index (χ2v) is 5.76. The van der Waals surface area contributed by atoms with Gasteiger partial charge in [0.15, 0.2) is 11.5 Å². The summed E-state index contributed by atoms with van der Waals surface area (Å²) in [5.41, 5.74) is 0.522. The van der Waals surface area contributed by atoms with E-state index in [0.717, 1.165) is 6.42 Å². The van der Waals surface area contributed by atoms with E-state index in [2.05, 4.69) is 15.9 Å². The van der Waals surface area contributed by atoms with Crippen LogP contribution in [-0.2, 0) is 0 Å². The van der Waals surface area contributed by atoms with Crippen molar-refractivity contribution in [3.8, 4) is 11.5 Å². The van der Waals surface area contributed by atoms with Crippen molar-refractivity contribution >= 4 is 15.9 Å². The van der Waals surface area contributed by atoms with Crippen LogP contribution in [0.4, 0.5) is 13.2 Å². The van der Waals surface area contributed by atoms with Crippen molar-refractivity contribution in [3.63, 3.8) is 0 Å². The molecule has 0 bridgehead atoms. The monoisotopic (exact) mass is 368 g/mol. The summed E-state index contributed by atoms with van der Waals surface area (Å²) in [6.45, 7) is 1.05. The number of hydrogen-bond donors (Lipinski definition) is 1. The maximum Gasteiger partial charge on any atom is 0.389 e. The minimum absolute atomic E-state index is 0.0472. The molecule has 2 rings (SSSR count). The molecule has 21 heavy (non-hydrogen) atoms. The van der Waals surface area contributed by atoms with Gasteiger partial charge in [-0.25, -0.2) is 0 Å². The van der Waals surface area contributed by atoms with E-state index in [1.165, 1.54) is 0 Å². The fourth-order valence-electron chi connectivity index (χ4n) is 2.11. The second kappa shape index (κ2) is 6.87. The van der Waals surface area contributed by atoms with Crippen LogP contribution >= 0.6 is 15.9 Å². The van der Waals surface area contributed by atoms with Crippen LogP contribution < -0.4 is 9.47 Å². The highest BCUT2D eigenvalue weighted by Crippen LogP contribution is 2.40. The molecule has 118 valence electrons. The van der Waals surface area contributed by atoms with Gasteiger partial charge in [-0.3, -0.25) is 0 Å². The molecule has 1 aliphatic rings. The van der Waals surface area contributed by atoms with Gasteiger partial charge >= 0.3 is 6.18 Å². The summed E-state index contributed by atoms with van der Waals surface area (Å²) in [5.74, 6) is 1.07. The van der Waals surface area contributed by atoms with Crippen molar-refractivity contribution in [1.29, 1.82) is 0 Å². The van der Waals surface area contributed by atoms with E-state index in [0.29, 0.717) is 34.7 Å². The molecule has 0 amide bonds. The number of fused-ring (bicyclic) bond motifs is 1. The lowest BCUT2D eigenvalue weighted by Gasteiger charge is -2.16. The molecule has 1 aliphatic heterocycles. The zero-order valence-corrected chi connectivity index (χ0v) is 12.8. The third-order valence-electron chi connectivity index (χ3n) is 3.15. The smallest absolute Gasteiger partial charge is 0.389 e. The quantitative estimate of drug-likeness (QED) is 0.857. The van der Waals surface area contributed by atoms with Crippen LogP contribution in [0, 0.1) is 0 Å². The highest BCUT2D eigenvalue weighted by Gasteiger charge is 2.27. The molecule has 0 aliphatic carbocycles. The summed E-state index contributed by atoms with van der Waals surface area (Å²) in [7, 11) is 0. The van der Waals surface area contributed by atoms with Gasteiger partial charge in [-0.1, -0.05) is 0 Å². The lowest BCUT2D eigenvalue weighted by atomic mass is 10.0. The van der Waals surface area contributed by atoms with Crippen LogP contribution in [0.25, 0.3) is 0 Å². The predicted molar refractivity (Wildman–Crippen MR) is 74.6 cm³/mol. The molecule has 1 heterocycles. The number of benzene rings is 1. The number of aliphatic hydroxyl groups excluding tert-OH is 1. The van der Waals surface area contributed by atoms with Crippen LogP contribution in [0.3, 0.4) is 0 Å².